The smallest absolute Gasteiger partial charge is 0.423 e. The van der Waals surface area contributed by atoms with Crippen molar-refractivity contribution in [1.29, 1.82) is 0 Å². The van der Waals surface area contributed by atoms with Crippen molar-refractivity contribution in [3.8, 4) is 0 Å². The van der Waals surface area contributed by atoms with Crippen LogP contribution in [0.25, 0.3) is 6.08 Å². The van der Waals surface area contributed by atoms with Gasteiger partial charge in [0.15, 0.2) is 5.78 Å². The average Bonchev–Trinajstić information content (AvgIpc) is 2.59. The van der Waals surface area contributed by atoms with Gasteiger partial charge in [-0.15, -0.1) is 0 Å². The summed E-state index contributed by atoms with van der Waals surface area (Å²) in [7, 11) is 2.46. The molecule has 0 atom stereocenters. The molecular formula is C19H20BNO3. The molecule has 0 spiro atoms. The molecule has 0 radical (unpaired) electrons. The summed E-state index contributed by atoms with van der Waals surface area (Å²) in [5.41, 5.74) is 3.05. The van der Waals surface area contributed by atoms with Gasteiger partial charge < -0.3 is 14.9 Å². The fourth-order valence-electron chi connectivity index (χ4n) is 2.11. The molecule has 0 saturated heterocycles. The second-order valence-corrected chi connectivity index (χ2v) is 5.56. The molecule has 2 aromatic carbocycles. The van der Waals surface area contributed by atoms with Crippen LogP contribution >= 0.6 is 0 Å². The monoisotopic (exact) mass is 321 g/mol. The number of hydrogen-bond donors (Lipinski definition) is 2. The summed E-state index contributed by atoms with van der Waals surface area (Å²) in [5, 5.41) is 18.1. The van der Waals surface area contributed by atoms with Gasteiger partial charge in [-0.2, -0.15) is 0 Å². The molecule has 5 heteroatoms. The highest BCUT2D eigenvalue weighted by Gasteiger charge is 2.10. The third-order valence-corrected chi connectivity index (χ3v) is 3.55. The Hall–Kier alpha value is -2.63. The van der Waals surface area contributed by atoms with Crippen LogP contribution in [0.3, 0.4) is 0 Å². The van der Waals surface area contributed by atoms with Crippen LogP contribution in [-0.4, -0.2) is 37.0 Å². The molecule has 0 heterocycles. The zero-order chi connectivity index (χ0) is 17.5. The third kappa shape index (κ3) is 4.94. The summed E-state index contributed by atoms with van der Waals surface area (Å²) in [5.74, 6) is -0.137. The molecule has 0 aliphatic carbocycles. The minimum absolute atomic E-state index is 0.137. The fourth-order valence-corrected chi connectivity index (χ4v) is 2.11. The van der Waals surface area contributed by atoms with Gasteiger partial charge in [-0.3, -0.25) is 4.79 Å². The van der Waals surface area contributed by atoms with Gasteiger partial charge in [0.1, 0.15) is 0 Å². The van der Waals surface area contributed by atoms with Crippen LogP contribution in [0.4, 0.5) is 5.69 Å². The van der Waals surface area contributed by atoms with Crippen LogP contribution in [-0.2, 0) is 0 Å². The summed E-state index contributed by atoms with van der Waals surface area (Å²) in [6.07, 6.45) is 6.91. The van der Waals surface area contributed by atoms with Crippen LogP contribution in [0.1, 0.15) is 15.9 Å². The van der Waals surface area contributed by atoms with Crippen molar-refractivity contribution in [2.24, 2.45) is 0 Å². The molecule has 24 heavy (non-hydrogen) atoms. The van der Waals surface area contributed by atoms with Gasteiger partial charge in [0.25, 0.3) is 0 Å². The van der Waals surface area contributed by atoms with Crippen LogP contribution < -0.4 is 10.4 Å². The maximum Gasteiger partial charge on any atom is 0.488 e. The largest absolute Gasteiger partial charge is 0.488 e. The highest BCUT2D eigenvalue weighted by molar-refractivity contribution is 6.58. The maximum atomic E-state index is 12.0. The van der Waals surface area contributed by atoms with E-state index in [1.54, 1.807) is 18.2 Å². The number of rotatable bonds is 6. The minimum atomic E-state index is -1.52. The Morgan fingerprint density at radius 2 is 1.58 bits per heavy atom. The van der Waals surface area contributed by atoms with E-state index in [1.165, 1.54) is 18.2 Å². The van der Waals surface area contributed by atoms with Gasteiger partial charge in [-0.25, -0.2) is 0 Å². The average molecular weight is 321 g/mol. The van der Waals surface area contributed by atoms with Gasteiger partial charge >= 0.3 is 7.12 Å². The molecule has 2 rings (SSSR count). The number of benzene rings is 2. The van der Waals surface area contributed by atoms with Crippen molar-refractivity contribution in [2.75, 3.05) is 19.0 Å². The maximum absolute atomic E-state index is 12.0. The minimum Gasteiger partial charge on any atom is -0.423 e. The van der Waals surface area contributed by atoms with Crippen molar-refractivity contribution >= 4 is 30.1 Å². The van der Waals surface area contributed by atoms with Gasteiger partial charge in [0, 0.05) is 25.3 Å². The second kappa shape index (κ2) is 8.29. The molecule has 0 bridgehead atoms. The van der Waals surface area contributed by atoms with E-state index in [-0.39, 0.29) is 5.78 Å². The predicted molar refractivity (Wildman–Crippen MR) is 99.5 cm³/mol. The fraction of sp³-hybridized carbons (Fsp3) is 0.105. The van der Waals surface area contributed by atoms with E-state index in [9.17, 15) is 4.79 Å². The number of anilines is 1. The zero-order valence-corrected chi connectivity index (χ0v) is 13.8. The Morgan fingerprint density at radius 1 is 0.958 bits per heavy atom. The highest BCUT2D eigenvalue weighted by atomic mass is 16.4. The number of carbonyl (C=O) groups excluding carboxylic acids is 1. The summed E-state index contributed by atoms with van der Waals surface area (Å²) in [6, 6.07) is 14.3. The van der Waals surface area contributed by atoms with E-state index in [4.69, 9.17) is 10.0 Å². The highest BCUT2D eigenvalue weighted by Crippen LogP contribution is 2.13. The van der Waals surface area contributed by atoms with Crippen molar-refractivity contribution < 1.29 is 14.8 Å². The lowest BCUT2D eigenvalue weighted by Gasteiger charge is -2.11. The van der Waals surface area contributed by atoms with Crippen LogP contribution in [0.2, 0.25) is 0 Å². The Labute approximate surface area is 142 Å². The molecule has 122 valence electrons. The summed E-state index contributed by atoms with van der Waals surface area (Å²) >= 11 is 0. The second-order valence-electron chi connectivity index (χ2n) is 5.56. The molecule has 0 fully saturated rings. The number of nitrogens with zero attached hydrogens (tertiary/aromatic N) is 1. The first-order valence-corrected chi connectivity index (χ1v) is 7.60. The van der Waals surface area contributed by atoms with Crippen molar-refractivity contribution in [3.63, 3.8) is 0 Å². The Morgan fingerprint density at radius 3 is 2.12 bits per heavy atom. The molecule has 4 nitrogen and oxygen atoms in total. The lowest BCUT2D eigenvalue weighted by Crippen LogP contribution is -2.29. The first-order valence-electron chi connectivity index (χ1n) is 7.60. The zero-order valence-electron chi connectivity index (χ0n) is 13.8. The lowest BCUT2D eigenvalue weighted by molar-refractivity contribution is 0.104. The normalized spacial score (nSPS) is 11.2. The van der Waals surface area contributed by atoms with Crippen molar-refractivity contribution in [1.82, 2.24) is 0 Å². The van der Waals surface area contributed by atoms with Crippen LogP contribution in [0.5, 0.6) is 0 Å². The SMILES string of the molecule is CN(C)c1ccc(/C=C/C=C/C(=O)c2ccc(B(O)O)cc2)cc1. The van der Waals surface area contributed by atoms with E-state index in [0.717, 1.165) is 11.3 Å². The molecule has 0 unspecified atom stereocenters. The molecule has 0 aliphatic heterocycles. The molecule has 0 aliphatic rings. The van der Waals surface area contributed by atoms with Gasteiger partial charge in [0.05, 0.1) is 0 Å². The van der Waals surface area contributed by atoms with E-state index >= 15 is 0 Å². The summed E-state index contributed by atoms with van der Waals surface area (Å²) in [4.78, 5) is 14.0. The quantitative estimate of drug-likeness (QED) is 0.369. The lowest BCUT2D eigenvalue weighted by atomic mass is 9.80. The van der Waals surface area contributed by atoms with E-state index in [1.807, 2.05) is 55.4 Å². The molecule has 2 aromatic rings. The van der Waals surface area contributed by atoms with Crippen molar-refractivity contribution in [3.05, 3.63) is 77.9 Å². The molecule has 2 N–H and O–H groups in total. The molecule has 0 amide bonds. The molecule has 0 aromatic heterocycles. The van der Waals surface area contributed by atoms with E-state index in [0.29, 0.717) is 11.0 Å². The number of carbonyl (C=O) groups is 1. The Bertz CT molecular complexity index is 732. The topological polar surface area (TPSA) is 60.8 Å². The molecular weight excluding hydrogens is 301 g/mol. The number of hydrogen-bond acceptors (Lipinski definition) is 4. The van der Waals surface area contributed by atoms with Crippen LogP contribution in [0.15, 0.2) is 66.8 Å². The number of allylic oxidation sites excluding steroid dienone is 3. The van der Waals surface area contributed by atoms with Gasteiger partial charge in [0.2, 0.25) is 0 Å². The standard InChI is InChI=1S/C19H20BNO3/c1-21(2)18-13-7-15(8-14-18)5-3-4-6-19(22)16-9-11-17(12-10-16)20(23)24/h3-14,23-24H,1-2H3/b5-3+,6-4+. The van der Waals surface area contributed by atoms with E-state index in [2.05, 4.69) is 0 Å². The number of ketones is 1. The molecule has 0 saturated carbocycles. The predicted octanol–water partition coefficient (Wildman–Crippen LogP) is 1.88. The Kier molecular flexibility index (Phi) is 6.12. The first-order chi connectivity index (χ1) is 11.5. The summed E-state index contributed by atoms with van der Waals surface area (Å²) < 4.78 is 0. The van der Waals surface area contributed by atoms with Gasteiger partial charge in [-0.1, -0.05) is 54.6 Å². The summed E-state index contributed by atoms with van der Waals surface area (Å²) in [6.45, 7) is 0. The van der Waals surface area contributed by atoms with Crippen molar-refractivity contribution in [2.45, 2.75) is 0 Å². The van der Waals surface area contributed by atoms with Crippen LogP contribution in [0, 0.1) is 0 Å². The first kappa shape index (κ1) is 17.7. The Balaban J connectivity index is 1.96. The third-order valence-electron chi connectivity index (χ3n) is 3.55. The van der Waals surface area contributed by atoms with E-state index < -0.39 is 7.12 Å². The van der Waals surface area contributed by atoms with Gasteiger partial charge in [-0.05, 0) is 29.2 Å².